The number of hydrogen-bond acceptors (Lipinski definition) is 3. The first-order chi connectivity index (χ1) is 8.18. The molecular formula is C12H15BrN2O2. The first kappa shape index (κ1) is 12.5. The Labute approximate surface area is 109 Å². The molecule has 0 radical (unpaired) electrons. The Bertz CT molecular complexity index is 405. The van der Waals surface area contributed by atoms with Crippen LogP contribution in [0.4, 0.5) is 0 Å². The molecule has 1 N–H and O–H groups in total. The highest BCUT2D eigenvalue weighted by molar-refractivity contribution is 9.10. The van der Waals surface area contributed by atoms with Crippen LogP contribution in [0.25, 0.3) is 0 Å². The van der Waals surface area contributed by atoms with E-state index >= 15 is 0 Å². The van der Waals surface area contributed by atoms with Crippen molar-refractivity contribution in [2.75, 3.05) is 13.2 Å². The van der Waals surface area contributed by atoms with Gasteiger partial charge in [0.25, 0.3) is 5.91 Å². The summed E-state index contributed by atoms with van der Waals surface area (Å²) in [6.45, 7) is 3.52. The summed E-state index contributed by atoms with van der Waals surface area (Å²) in [6, 6.07) is 3.71. The van der Waals surface area contributed by atoms with Crippen molar-refractivity contribution >= 4 is 21.8 Å². The third-order valence-electron chi connectivity index (χ3n) is 3.00. The van der Waals surface area contributed by atoms with Gasteiger partial charge in [0.1, 0.15) is 5.69 Å². The van der Waals surface area contributed by atoms with Crippen molar-refractivity contribution in [3.05, 3.63) is 28.5 Å². The third-order valence-corrected chi connectivity index (χ3v) is 3.64. The predicted octanol–water partition coefficient (Wildman–Crippen LogP) is 2.00. The van der Waals surface area contributed by atoms with Gasteiger partial charge in [-0.15, -0.1) is 0 Å². The van der Waals surface area contributed by atoms with Crippen LogP contribution >= 0.6 is 15.9 Å². The number of ether oxygens (including phenoxy) is 1. The van der Waals surface area contributed by atoms with E-state index in [0.717, 1.165) is 19.6 Å². The average Bonchev–Trinajstić information content (AvgIpc) is 2.82. The van der Waals surface area contributed by atoms with Crippen LogP contribution in [0.15, 0.2) is 22.8 Å². The maximum absolute atomic E-state index is 12.0. The Balaban J connectivity index is 1.99. The number of rotatable bonds is 3. The minimum Gasteiger partial charge on any atom is -0.381 e. The van der Waals surface area contributed by atoms with E-state index < -0.39 is 0 Å². The zero-order chi connectivity index (χ0) is 12.3. The van der Waals surface area contributed by atoms with E-state index in [1.807, 2.05) is 13.0 Å². The molecule has 2 atom stereocenters. The molecule has 4 nitrogen and oxygen atoms in total. The van der Waals surface area contributed by atoms with Crippen LogP contribution in [0, 0.1) is 5.92 Å². The molecule has 0 spiro atoms. The van der Waals surface area contributed by atoms with Gasteiger partial charge < -0.3 is 10.1 Å². The van der Waals surface area contributed by atoms with Gasteiger partial charge in [0.15, 0.2) is 0 Å². The summed E-state index contributed by atoms with van der Waals surface area (Å²) >= 11 is 3.32. The highest BCUT2D eigenvalue weighted by atomic mass is 79.9. The van der Waals surface area contributed by atoms with Crippen LogP contribution in [0.5, 0.6) is 0 Å². The van der Waals surface area contributed by atoms with Crippen molar-refractivity contribution in [1.29, 1.82) is 0 Å². The van der Waals surface area contributed by atoms with E-state index in [2.05, 4.69) is 26.2 Å². The second kappa shape index (κ2) is 5.60. The van der Waals surface area contributed by atoms with Crippen molar-refractivity contribution in [1.82, 2.24) is 10.3 Å². The molecule has 0 aromatic carbocycles. The number of nitrogens with one attached hydrogen (secondary N) is 1. The number of carbonyl (C=O) groups is 1. The molecule has 5 heteroatoms. The Kier molecular flexibility index (Phi) is 4.12. The molecule has 1 aromatic heterocycles. The molecule has 1 aromatic rings. The van der Waals surface area contributed by atoms with Crippen molar-refractivity contribution < 1.29 is 9.53 Å². The van der Waals surface area contributed by atoms with Gasteiger partial charge in [-0.3, -0.25) is 4.79 Å². The normalized spacial score (nSPS) is 21.2. The minimum absolute atomic E-state index is 0.110. The Hall–Kier alpha value is -0.940. The summed E-state index contributed by atoms with van der Waals surface area (Å²) in [6.07, 6.45) is 2.62. The number of aromatic nitrogens is 1. The predicted molar refractivity (Wildman–Crippen MR) is 67.8 cm³/mol. The highest BCUT2D eigenvalue weighted by Gasteiger charge is 2.24. The number of amides is 1. The smallest absolute Gasteiger partial charge is 0.271 e. The van der Waals surface area contributed by atoms with Crippen LogP contribution in [0.1, 0.15) is 23.8 Å². The molecule has 2 rings (SSSR count). The second-order valence-electron chi connectivity index (χ2n) is 4.22. The standard InChI is InChI=1S/C12H15BrN2O2/c1-8(9-4-6-17-7-9)15-12(16)11-10(13)3-2-5-14-11/h2-3,5,8-9H,4,6-7H2,1H3,(H,15,16). The minimum atomic E-state index is -0.142. The zero-order valence-electron chi connectivity index (χ0n) is 9.65. The van der Waals surface area contributed by atoms with E-state index in [1.165, 1.54) is 0 Å². The second-order valence-corrected chi connectivity index (χ2v) is 5.07. The zero-order valence-corrected chi connectivity index (χ0v) is 11.2. The van der Waals surface area contributed by atoms with Gasteiger partial charge >= 0.3 is 0 Å². The molecule has 1 saturated heterocycles. The molecule has 0 aliphatic carbocycles. The first-order valence-electron chi connectivity index (χ1n) is 5.67. The molecule has 2 heterocycles. The average molecular weight is 299 g/mol. The molecule has 1 fully saturated rings. The van der Waals surface area contributed by atoms with E-state index in [0.29, 0.717) is 16.1 Å². The van der Waals surface area contributed by atoms with E-state index in [-0.39, 0.29) is 11.9 Å². The lowest BCUT2D eigenvalue weighted by atomic mass is 10.0. The van der Waals surface area contributed by atoms with Gasteiger partial charge in [-0.1, -0.05) is 0 Å². The van der Waals surface area contributed by atoms with E-state index in [9.17, 15) is 4.79 Å². The van der Waals surface area contributed by atoms with Crippen LogP contribution in [0.3, 0.4) is 0 Å². The first-order valence-corrected chi connectivity index (χ1v) is 6.47. The van der Waals surface area contributed by atoms with Crippen LogP contribution in [-0.2, 0) is 4.74 Å². The lowest BCUT2D eigenvalue weighted by molar-refractivity contribution is 0.0916. The molecule has 92 valence electrons. The van der Waals surface area contributed by atoms with Crippen molar-refractivity contribution in [2.24, 2.45) is 5.92 Å². The summed E-state index contributed by atoms with van der Waals surface area (Å²) in [5, 5.41) is 2.97. The fraction of sp³-hybridized carbons (Fsp3) is 0.500. The SMILES string of the molecule is CC(NC(=O)c1ncccc1Br)C1CCOC1. The lowest BCUT2D eigenvalue weighted by Crippen LogP contribution is -2.38. The van der Waals surface area contributed by atoms with Gasteiger partial charge in [0.05, 0.1) is 6.61 Å². The summed E-state index contributed by atoms with van der Waals surface area (Å²) in [4.78, 5) is 16.1. The fourth-order valence-electron chi connectivity index (χ4n) is 1.89. The summed E-state index contributed by atoms with van der Waals surface area (Å²) < 4.78 is 6.03. The molecule has 1 aliphatic rings. The quantitative estimate of drug-likeness (QED) is 0.928. The Morgan fingerprint density at radius 3 is 3.18 bits per heavy atom. The number of hydrogen-bond donors (Lipinski definition) is 1. The molecule has 1 amide bonds. The van der Waals surface area contributed by atoms with Gasteiger partial charge in [0.2, 0.25) is 0 Å². The van der Waals surface area contributed by atoms with Gasteiger partial charge in [-0.05, 0) is 41.4 Å². The maximum atomic E-state index is 12.0. The lowest BCUT2D eigenvalue weighted by Gasteiger charge is -2.19. The van der Waals surface area contributed by atoms with Gasteiger partial charge in [-0.25, -0.2) is 4.98 Å². The maximum Gasteiger partial charge on any atom is 0.271 e. The fourth-order valence-corrected chi connectivity index (χ4v) is 2.33. The van der Waals surface area contributed by atoms with Crippen molar-refractivity contribution in [3.63, 3.8) is 0 Å². The molecule has 0 saturated carbocycles. The topological polar surface area (TPSA) is 51.2 Å². The highest BCUT2D eigenvalue weighted by Crippen LogP contribution is 2.18. The Morgan fingerprint density at radius 1 is 1.71 bits per heavy atom. The number of pyridine rings is 1. The number of nitrogens with zero attached hydrogens (tertiary/aromatic N) is 1. The molecular weight excluding hydrogens is 284 g/mol. The molecule has 2 unspecified atom stereocenters. The summed E-state index contributed by atoms with van der Waals surface area (Å²) in [5.41, 5.74) is 0.429. The third kappa shape index (κ3) is 3.04. The largest absolute Gasteiger partial charge is 0.381 e. The Morgan fingerprint density at radius 2 is 2.53 bits per heavy atom. The van der Waals surface area contributed by atoms with Crippen molar-refractivity contribution in [3.8, 4) is 0 Å². The van der Waals surface area contributed by atoms with E-state index in [4.69, 9.17) is 4.74 Å². The van der Waals surface area contributed by atoms with Crippen LogP contribution in [-0.4, -0.2) is 30.1 Å². The van der Waals surface area contributed by atoms with E-state index in [1.54, 1.807) is 12.3 Å². The van der Waals surface area contributed by atoms with Crippen LogP contribution in [0.2, 0.25) is 0 Å². The molecule has 17 heavy (non-hydrogen) atoms. The van der Waals surface area contributed by atoms with Gasteiger partial charge in [0, 0.05) is 29.2 Å². The van der Waals surface area contributed by atoms with Crippen LogP contribution < -0.4 is 5.32 Å². The number of carbonyl (C=O) groups excluding carboxylic acids is 1. The summed E-state index contributed by atoms with van der Waals surface area (Å²) in [5.74, 6) is 0.262. The number of halogens is 1. The molecule has 0 bridgehead atoms. The summed E-state index contributed by atoms with van der Waals surface area (Å²) in [7, 11) is 0. The monoisotopic (exact) mass is 298 g/mol. The molecule has 1 aliphatic heterocycles. The van der Waals surface area contributed by atoms with Crippen molar-refractivity contribution in [2.45, 2.75) is 19.4 Å². The van der Waals surface area contributed by atoms with Gasteiger partial charge in [-0.2, -0.15) is 0 Å².